The molecule has 0 saturated heterocycles. The van der Waals surface area contributed by atoms with E-state index in [2.05, 4.69) is 0 Å². The molecule has 1 aromatic rings. The molecule has 0 heterocycles. The van der Waals surface area contributed by atoms with Crippen LogP contribution in [0.4, 0.5) is 17.1 Å². The van der Waals surface area contributed by atoms with Gasteiger partial charge in [0.1, 0.15) is 0 Å². The van der Waals surface area contributed by atoms with Gasteiger partial charge in [0.2, 0.25) is 0 Å². The van der Waals surface area contributed by atoms with Crippen LogP contribution in [-0.2, 0) is 0 Å². The van der Waals surface area contributed by atoms with Crippen LogP contribution in [0.25, 0.3) is 0 Å². The average molecular weight is 165 g/mol. The molecule has 0 aliphatic carbocycles. The van der Waals surface area contributed by atoms with Gasteiger partial charge < -0.3 is 17.2 Å². The number of hydrogen-bond donors (Lipinski definition) is 3. The number of nitrogens with two attached hydrogens (primary N) is 3. The fraction of sp³-hybridized carbons (Fsp3) is 0.333. The first-order valence-electron chi connectivity index (χ1n) is 3.87. The third kappa shape index (κ3) is 0.978. The van der Waals surface area contributed by atoms with Gasteiger partial charge in [-0.15, -0.1) is 0 Å². The first-order chi connectivity index (χ1) is 5.46. The van der Waals surface area contributed by atoms with Crippen LogP contribution >= 0.6 is 0 Å². The Balaban J connectivity index is 3.60. The van der Waals surface area contributed by atoms with Gasteiger partial charge in [0.25, 0.3) is 0 Å². The Kier molecular flexibility index (Phi) is 1.88. The van der Waals surface area contributed by atoms with Crippen LogP contribution in [0.1, 0.15) is 16.7 Å². The summed E-state index contributed by atoms with van der Waals surface area (Å²) >= 11 is 0. The molecule has 0 saturated carbocycles. The molecule has 0 amide bonds. The molecule has 0 spiro atoms. The van der Waals surface area contributed by atoms with Crippen LogP contribution in [0.3, 0.4) is 0 Å². The molecule has 66 valence electrons. The molecular weight excluding hydrogens is 150 g/mol. The summed E-state index contributed by atoms with van der Waals surface area (Å²) in [5, 5.41) is 0. The number of hydrogen-bond acceptors (Lipinski definition) is 3. The van der Waals surface area contributed by atoms with Gasteiger partial charge in [-0.05, 0) is 37.5 Å². The lowest BCUT2D eigenvalue weighted by atomic mass is 10.0. The first kappa shape index (κ1) is 8.71. The Bertz CT molecular complexity index is 224. The Labute approximate surface area is 72.5 Å². The molecule has 6 N–H and O–H groups in total. The highest BCUT2D eigenvalue weighted by atomic mass is 14.7. The predicted octanol–water partition coefficient (Wildman–Crippen LogP) is 1.36. The van der Waals surface area contributed by atoms with Crippen LogP contribution in [0.15, 0.2) is 0 Å². The van der Waals surface area contributed by atoms with E-state index >= 15 is 0 Å². The molecule has 3 nitrogen and oxygen atoms in total. The van der Waals surface area contributed by atoms with Crippen molar-refractivity contribution >= 4 is 17.1 Å². The van der Waals surface area contributed by atoms with Gasteiger partial charge in [-0.1, -0.05) is 0 Å². The molecule has 3 heteroatoms. The lowest BCUT2D eigenvalue weighted by Crippen LogP contribution is -2.05. The highest BCUT2D eigenvalue weighted by Gasteiger charge is 2.10. The van der Waals surface area contributed by atoms with Crippen molar-refractivity contribution in [3.05, 3.63) is 16.7 Å². The smallest absolute Gasteiger partial charge is 0.0415 e. The molecule has 1 aromatic carbocycles. The van der Waals surface area contributed by atoms with Gasteiger partial charge in [0, 0.05) is 17.1 Å². The van der Waals surface area contributed by atoms with Crippen molar-refractivity contribution in [3.63, 3.8) is 0 Å². The fourth-order valence-corrected chi connectivity index (χ4v) is 1.28. The summed E-state index contributed by atoms with van der Waals surface area (Å²) in [5.41, 5.74) is 22.3. The van der Waals surface area contributed by atoms with E-state index in [4.69, 9.17) is 17.2 Å². The van der Waals surface area contributed by atoms with E-state index in [0.717, 1.165) is 16.7 Å². The van der Waals surface area contributed by atoms with Crippen molar-refractivity contribution < 1.29 is 0 Å². The summed E-state index contributed by atoms with van der Waals surface area (Å²) in [4.78, 5) is 0. The van der Waals surface area contributed by atoms with E-state index in [1.807, 2.05) is 20.8 Å². The Morgan fingerprint density at radius 1 is 0.583 bits per heavy atom. The number of rotatable bonds is 0. The Morgan fingerprint density at radius 2 is 0.750 bits per heavy atom. The summed E-state index contributed by atoms with van der Waals surface area (Å²) in [7, 11) is 0. The number of anilines is 3. The molecule has 0 fully saturated rings. The van der Waals surface area contributed by atoms with Crippen molar-refractivity contribution in [2.24, 2.45) is 0 Å². The van der Waals surface area contributed by atoms with E-state index in [1.165, 1.54) is 0 Å². The van der Waals surface area contributed by atoms with Crippen LogP contribution in [0.2, 0.25) is 0 Å². The van der Waals surface area contributed by atoms with Crippen molar-refractivity contribution in [2.75, 3.05) is 17.2 Å². The molecule has 0 unspecified atom stereocenters. The summed E-state index contributed by atoms with van der Waals surface area (Å²) < 4.78 is 0. The molecule has 0 aromatic heterocycles. The monoisotopic (exact) mass is 165 g/mol. The quantitative estimate of drug-likeness (QED) is 0.508. The molecule has 0 atom stereocenters. The van der Waals surface area contributed by atoms with Crippen molar-refractivity contribution in [2.45, 2.75) is 20.8 Å². The van der Waals surface area contributed by atoms with E-state index in [-0.39, 0.29) is 0 Å². The average Bonchev–Trinajstić information content (AvgIpc) is 2.08. The summed E-state index contributed by atoms with van der Waals surface area (Å²) in [6, 6.07) is 0. The van der Waals surface area contributed by atoms with Gasteiger partial charge >= 0.3 is 0 Å². The van der Waals surface area contributed by atoms with Gasteiger partial charge in [-0.2, -0.15) is 0 Å². The summed E-state index contributed by atoms with van der Waals surface area (Å²) in [6.07, 6.45) is 0. The van der Waals surface area contributed by atoms with Crippen molar-refractivity contribution in [1.82, 2.24) is 0 Å². The van der Waals surface area contributed by atoms with E-state index < -0.39 is 0 Å². The molecule has 12 heavy (non-hydrogen) atoms. The lowest BCUT2D eigenvalue weighted by Gasteiger charge is -2.14. The molecule has 0 bridgehead atoms. The second-order valence-corrected chi connectivity index (χ2v) is 3.12. The van der Waals surface area contributed by atoms with Crippen molar-refractivity contribution in [1.29, 1.82) is 0 Å². The van der Waals surface area contributed by atoms with E-state index in [9.17, 15) is 0 Å². The molecular formula is C9H15N3. The Hall–Kier alpha value is -1.38. The number of nitrogen functional groups attached to an aromatic ring is 3. The zero-order valence-corrected chi connectivity index (χ0v) is 7.73. The lowest BCUT2D eigenvalue weighted by molar-refractivity contribution is 1.33. The topological polar surface area (TPSA) is 78.1 Å². The first-order valence-corrected chi connectivity index (χ1v) is 3.87. The van der Waals surface area contributed by atoms with Crippen LogP contribution < -0.4 is 17.2 Å². The number of benzene rings is 1. The normalized spacial score (nSPS) is 10.2. The second kappa shape index (κ2) is 2.59. The van der Waals surface area contributed by atoms with Gasteiger partial charge in [-0.3, -0.25) is 0 Å². The zero-order valence-electron chi connectivity index (χ0n) is 7.73. The zero-order chi connectivity index (χ0) is 9.46. The van der Waals surface area contributed by atoms with Crippen molar-refractivity contribution in [3.8, 4) is 0 Å². The summed E-state index contributed by atoms with van der Waals surface area (Å²) in [5.74, 6) is 0. The van der Waals surface area contributed by atoms with Crippen LogP contribution in [0, 0.1) is 20.8 Å². The third-order valence-electron chi connectivity index (χ3n) is 2.42. The highest BCUT2D eigenvalue weighted by Crippen LogP contribution is 2.32. The SMILES string of the molecule is Cc1c(N)c(C)c(N)c(C)c1N. The second-order valence-electron chi connectivity index (χ2n) is 3.12. The predicted molar refractivity (Wildman–Crippen MR) is 53.9 cm³/mol. The van der Waals surface area contributed by atoms with E-state index in [0.29, 0.717) is 17.1 Å². The maximum absolute atomic E-state index is 5.79. The maximum Gasteiger partial charge on any atom is 0.0415 e. The minimum atomic E-state index is 0.704. The van der Waals surface area contributed by atoms with Gasteiger partial charge in [0.05, 0.1) is 0 Å². The fourth-order valence-electron chi connectivity index (χ4n) is 1.28. The molecule has 0 aliphatic heterocycles. The highest BCUT2D eigenvalue weighted by molar-refractivity contribution is 5.78. The van der Waals surface area contributed by atoms with Crippen LogP contribution in [-0.4, -0.2) is 0 Å². The standard InChI is InChI=1S/C9H15N3/c1-4-7(10)5(2)9(12)6(3)8(4)11/h10-12H2,1-3H3. The Morgan fingerprint density at radius 3 is 0.917 bits per heavy atom. The maximum atomic E-state index is 5.79. The van der Waals surface area contributed by atoms with Crippen LogP contribution in [0.5, 0.6) is 0 Å². The molecule has 0 aliphatic rings. The summed E-state index contributed by atoms with van der Waals surface area (Å²) in [6.45, 7) is 5.72. The molecule has 0 radical (unpaired) electrons. The third-order valence-corrected chi connectivity index (χ3v) is 2.42. The minimum Gasteiger partial charge on any atom is -0.398 e. The van der Waals surface area contributed by atoms with Gasteiger partial charge in [0.15, 0.2) is 0 Å². The molecule has 1 rings (SSSR count). The minimum absolute atomic E-state index is 0.704. The van der Waals surface area contributed by atoms with Gasteiger partial charge in [-0.25, -0.2) is 0 Å². The largest absolute Gasteiger partial charge is 0.398 e. The van der Waals surface area contributed by atoms with E-state index in [1.54, 1.807) is 0 Å².